The molecule has 0 spiro atoms. The number of hydrogen-bond donors (Lipinski definition) is 1. The molecule has 0 bridgehead atoms. The molecule has 0 aliphatic rings. The second-order valence-corrected chi connectivity index (χ2v) is 11.4. The SMILES string of the molecule is CCOP(=O)(OCC)C(CC(c1ccccc1)P(=O)(OCC)OCC)Nc1ccccc1. The Kier molecular flexibility index (Phi) is 11.1. The Bertz CT molecular complexity index is 861. The van der Waals surface area contributed by atoms with Gasteiger partial charge in [0.2, 0.25) is 0 Å². The maximum absolute atomic E-state index is 13.9. The Morgan fingerprint density at radius 1 is 0.688 bits per heavy atom. The quantitative estimate of drug-likeness (QED) is 0.271. The van der Waals surface area contributed by atoms with E-state index < -0.39 is 26.6 Å². The summed E-state index contributed by atoms with van der Waals surface area (Å²) in [7, 11) is -7.21. The number of nitrogens with one attached hydrogen (secondary N) is 1. The summed E-state index contributed by atoms with van der Waals surface area (Å²) in [6, 6.07) is 18.8. The van der Waals surface area contributed by atoms with Crippen LogP contribution in [0.15, 0.2) is 60.7 Å². The molecule has 9 heteroatoms. The molecule has 0 fully saturated rings. The van der Waals surface area contributed by atoms with Crippen LogP contribution in [0.3, 0.4) is 0 Å². The summed E-state index contributed by atoms with van der Waals surface area (Å²) in [6.45, 7) is 7.98. The van der Waals surface area contributed by atoms with Crippen molar-refractivity contribution in [3.63, 3.8) is 0 Å². The van der Waals surface area contributed by atoms with Crippen LogP contribution < -0.4 is 5.32 Å². The van der Waals surface area contributed by atoms with E-state index in [0.29, 0.717) is 0 Å². The third-order valence-electron chi connectivity index (χ3n) is 4.74. The smallest absolute Gasteiger partial charge is 0.352 e. The van der Waals surface area contributed by atoms with E-state index in [1.807, 2.05) is 60.7 Å². The lowest BCUT2D eigenvalue weighted by molar-refractivity contribution is 0.204. The van der Waals surface area contributed by atoms with Gasteiger partial charge >= 0.3 is 15.2 Å². The predicted molar refractivity (Wildman–Crippen MR) is 129 cm³/mol. The number of hydrogen-bond acceptors (Lipinski definition) is 7. The fourth-order valence-electron chi connectivity index (χ4n) is 3.48. The Balaban J connectivity index is 2.54. The minimum absolute atomic E-state index is 0.160. The highest BCUT2D eigenvalue weighted by Gasteiger charge is 2.44. The first kappa shape index (κ1) is 26.8. The van der Waals surface area contributed by atoms with Crippen molar-refractivity contribution in [3.8, 4) is 0 Å². The molecule has 7 nitrogen and oxygen atoms in total. The van der Waals surface area contributed by atoms with E-state index in [1.165, 1.54) is 0 Å². The van der Waals surface area contributed by atoms with Crippen LogP contribution in [0.1, 0.15) is 45.3 Å². The average Bonchev–Trinajstić information content (AvgIpc) is 2.78. The lowest BCUT2D eigenvalue weighted by Crippen LogP contribution is -2.26. The van der Waals surface area contributed by atoms with Gasteiger partial charge in [-0.1, -0.05) is 48.5 Å². The first-order chi connectivity index (χ1) is 15.4. The van der Waals surface area contributed by atoms with Gasteiger partial charge in [0.15, 0.2) is 0 Å². The summed E-state index contributed by atoms with van der Waals surface area (Å²) in [5, 5.41) is 3.30. The fourth-order valence-corrected chi connectivity index (χ4v) is 7.74. The van der Waals surface area contributed by atoms with Gasteiger partial charge in [-0.25, -0.2) is 0 Å². The molecule has 0 saturated carbocycles. The Morgan fingerprint density at radius 2 is 1.12 bits per heavy atom. The van der Waals surface area contributed by atoms with Gasteiger partial charge in [-0.15, -0.1) is 0 Å². The molecule has 0 aromatic heterocycles. The zero-order valence-electron chi connectivity index (χ0n) is 19.3. The van der Waals surface area contributed by atoms with Gasteiger partial charge in [-0.05, 0) is 51.8 Å². The monoisotopic (exact) mass is 483 g/mol. The zero-order chi connectivity index (χ0) is 23.5. The summed E-state index contributed by atoms with van der Waals surface area (Å²) in [5.74, 6) is -0.774. The molecule has 2 aromatic carbocycles. The van der Waals surface area contributed by atoms with Crippen LogP contribution in [0, 0.1) is 0 Å². The lowest BCUT2D eigenvalue weighted by atomic mass is 10.1. The van der Waals surface area contributed by atoms with Crippen molar-refractivity contribution in [2.45, 2.75) is 45.6 Å². The maximum Gasteiger partial charge on any atom is 0.352 e. The van der Waals surface area contributed by atoms with Gasteiger partial charge in [0.25, 0.3) is 0 Å². The van der Waals surface area contributed by atoms with Crippen molar-refractivity contribution in [3.05, 3.63) is 66.2 Å². The van der Waals surface area contributed by atoms with E-state index in [4.69, 9.17) is 18.1 Å². The number of rotatable bonds is 15. The van der Waals surface area contributed by atoms with E-state index in [-0.39, 0.29) is 32.8 Å². The second kappa shape index (κ2) is 13.3. The van der Waals surface area contributed by atoms with Crippen LogP contribution in [-0.4, -0.2) is 32.2 Å². The third kappa shape index (κ3) is 7.28. The van der Waals surface area contributed by atoms with Gasteiger partial charge in [-0.2, -0.15) is 0 Å². The largest absolute Gasteiger partial charge is 0.372 e. The summed E-state index contributed by atoms with van der Waals surface area (Å²) in [6.07, 6.45) is 0.160. The van der Waals surface area contributed by atoms with Crippen molar-refractivity contribution in [1.82, 2.24) is 0 Å². The summed E-state index contributed by atoms with van der Waals surface area (Å²) in [5.41, 5.74) is 0.864. The normalized spacial score (nSPS) is 14.1. The van der Waals surface area contributed by atoms with Crippen LogP contribution in [0.25, 0.3) is 0 Å². The second-order valence-electron chi connectivity index (χ2n) is 6.94. The van der Waals surface area contributed by atoms with Crippen LogP contribution in [-0.2, 0) is 27.2 Å². The van der Waals surface area contributed by atoms with E-state index in [0.717, 1.165) is 11.3 Å². The summed E-state index contributed by atoms with van der Waals surface area (Å²) < 4.78 is 50.5. The molecule has 2 rings (SSSR count). The van der Waals surface area contributed by atoms with E-state index in [2.05, 4.69) is 5.32 Å². The maximum atomic E-state index is 13.9. The molecule has 2 atom stereocenters. The first-order valence-electron chi connectivity index (χ1n) is 11.1. The molecule has 0 amide bonds. The number of anilines is 1. The molecule has 0 saturated heterocycles. The molecule has 1 N–H and O–H groups in total. The van der Waals surface area contributed by atoms with Gasteiger partial charge < -0.3 is 23.4 Å². The Labute approximate surface area is 191 Å². The molecule has 178 valence electrons. The molecule has 32 heavy (non-hydrogen) atoms. The van der Waals surface area contributed by atoms with E-state index >= 15 is 0 Å². The van der Waals surface area contributed by atoms with E-state index in [1.54, 1.807) is 27.7 Å². The van der Waals surface area contributed by atoms with Crippen molar-refractivity contribution >= 4 is 20.9 Å². The van der Waals surface area contributed by atoms with Crippen LogP contribution in [0.2, 0.25) is 0 Å². The topological polar surface area (TPSA) is 83.1 Å². The molecule has 0 aliphatic carbocycles. The molecule has 0 aliphatic heterocycles. The predicted octanol–water partition coefficient (Wildman–Crippen LogP) is 7.09. The first-order valence-corrected chi connectivity index (χ1v) is 14.3. The van der Waals surface area contributed by atoms with Gasteiger partial charge in [0.05, 0.1) is 32.1 Å². The zero-order valence-corrected chi connectivity index (χ0v) is 21.1. The minimum atomic E-state index is -3.62. The highest BCUT2D eigenvalue weighted by molar-refractivity contribution is 7.55. The summed E-state index contributed by atoms with van der Waals surface area (Å²) >= 11 is 0. The van der Waals surface area contributed by atoms with Crippen LogP contribution in [0.4, 0.5) is 5.69 Å². The van der Waals surface area contributed by atoms with Crippen molar-refractivity contribution in [2.75, 3.05) is 31.7 Å². The fraction of sp³-hybridized carbons (Fsp3) is 0.478. The molecular formula is C23H35NO6P2. The van der Waals surface area contributed by atoms with E-state index in [9.17, 15) is 9.13 Å². The van der Waals surface area contributed by atoms with Crippen molar-refractivity contribution in [2.24, 2.45) is 0 Å². The Hall–Kier alpha value is -1.46. The molecule has 2 aromatic rings. The van der Waals surface area contributed by atoms with Gasteiger partial charge in [0, 0.05) is 5.69 Å². The van der Waals surface area contributed by atoms with Crippen molar-refractivity contribution < 1.29 is 27.2 Å². The number of para-hydroxylation sites is 1. The van der Waals surface area contributed by atoms with Crippen LogP contribution in [0.5, 0.6) is 0 Å². The molecule has 0 radical (unpaired) electrons. The molecule has 0 heterocycles. The van der Waals surface area contributed by atoms with Crippen molar-refractivity contribution in [1.29, 1.82) is 0 Å². The minimum Gasteiger partial charge on any atom is -0.372 e. The highest BCUT2D eigenvalue weighted by atomic mass is 31.2. The average molecular weight is 483 g/mol. The Morgan fingerprint density at radius 3 is 1.59 bits per heavy atom. The molecular weight excluding hydrogens is 448 g/mol. The van der Waals surface area contributed by atoms with Gasteiger partial charge in [-0.3, -0.25) is 9.13 Å². The molecule has 2 unspecified atom stereocenters. The number of benzene rings is 2. The van der Waals surface area contributed by atoms with Gasteiger partial charge in [0.1, 0.15) is 5.78 Å². The summed E-state index contributed by atoms with van der Waals surface area (Å²) in [4.78, 5) is 0. The highest BCUT2D eigenvalue weighted by Crippen LogP contribution is 2.66. The standard InChI is InChI=1S/C23H35NO6P2/c1-5-27-31(25,28-6-2)22(20-15-11-9-12-16-20)19-23(24-21-17-13-10-14-18-21)32(26,29-7-3)30-8-4/h9-18,22-24H,5-8,19H2,1-4H3. The van der Waals surface area contributed by atoms with Crippen LogP contribution >= 0.6 is 15.2 Å². The lowest BCUT2D eigenvalue weighted by Gasteiger charge is -2.33. The third-order valence-corrected chi connectivity index (χ3v) is 9.59.